The van der Waals surface area contributed by atoms with Crippen molar-refractivity contribution in [1.82, 2.24) is 4.67 Å². The van der Waals surface area contributed by atoms with Gasteiger partial charge in [-0.25, -0.2) is 9.24 Å². The van der Waals surface area contributed by atoms with Crippen LogP contribution in [-0.4, -0.2) is 32.0 Å². The van der Waals surface area contributed by atoms with Crippen LogP contribution in [0.2, 0.25) is 0 Å². The second-order valence-corrected chi connectivity index (χ2v) is 6.86. The van der Waals surface area contributed by atoms with Crippen LogP contribution in [0.15, 0.2) is 30.3 Å². The van der Waals surface area contributed by atoms with Gasteiger partial charge in [-0.15, -0.1) is 0 Å². The van der Waals surface area contributed by atoms with E-state index in [1.165, 1.54) is 14.2 Å². The molecule has 0 amide bonds. The lowest BCUT2D eigenvalue weighted by molar-refractivity contribution is 0.201. The van der Waals surface area contributed by atoms with Crippen molar-refractivity contribution in [2.24, 2.45) is 0 Å². The van der Waals surface area contributed by atoms with Gasteiger partial charge >= 0.3 is 7.75 Å². The summed E-state index contributed by atoms with van der Waals surface area (Å²) in [5, 5.41) is -0.0742. The van der Waals surface area contributed by atoms with Gasteiger partial charge < -0.3 is 0 Å². The summed E-state index contributed by atoms with van der Waals surface area (Å²) >= 11 is 4.59. The third-order valence-corrected chi connectivity index (χ3v) is 5.82. The molecule has 0 aliphatic rings. The predicted octanol–water partition coefficient (Wildman–Crippen LogP) is 3.38. The molecular formula is C12H20NO3PS. The van der Waals surface area contributed by atoms with Crippen LogP contribution < -0.4 is 0 Å². The third kappa shape index (κ3) is 3.37. The molecule has 0 N–H and O–H groups in total. The topological polar surface area (TPSA) is 38.8 Å². The molecule has 0 saturated carbocycles. The summed E-state index contributed by atoms with van der Waals surface area (Å²) in [5.74, 6) is 0. The van der Waals surface area contributed by atoms with Crippen molar-refractivity contribution in [3.63, 3.8) is 0 Å². The Morgan fingerprint density at radius 3 is 2.17 bits per heavy atom. The number of thiol groups is 1. The van der Waals surface area contributed by atoms with Gasteiger partial charge in [-0.1, -0.05) is 30.3 Å². The van der Waals surface area contributed by atoms with Gasteiger partial charge in [-0.3, -0.25) is 9.05 Å². The molecule has 0 aliphatic carbocycles. The molecule has 0 heterocycles. The highest BCUT2D eigenvalue weighted by atomic mass is 32.1. The maximum atomic E-state index is 12.3. The Kier molecular flexibility index (Phi) is 5.89. The Hall–Kier alpha value is -0.320. The largest absolute Gasteiger partial charge is 0.407 e. The first-order valence-electron chi connectivity index (χ1n) is 5.64. The Balaban J connectivity index is 2.87. The van der Waals surface area contributed by atoms with Crippen LogP contribution in [0.5, 0.6) is 0 Å². The van der Waals surface area contributed by atoms with Gasteiger partial charge in [0.25, 0.3) is 0 Å². The zero-order valence-corrected chi connectivity index (χ0v) is 12.9. The molecule has 1 aromatic carbocycles. The van der Waals surface area contributed by atoms with Gasteiger partial charge in [0, 0.05) is 25.5 Å². The molecule has 0 bridgehead atoms. The lowest BCUT2D eigenvalue weighted by atomic mass is 10.1. The molecule has 102 valence electrons. The highest BCUT2D eigenvalue weighted by molar-refractivity contribution is 7.80. The number of hydrogen-bond donors (Lipinski definition) is 1. The average Bonchev–Trinajstić information content (AvgIpc) is 2.44. The molecule has 18 heavy (non-hydrogen) atoms. The fourth-order valence-electron chi connectivity index (χ4n) is 1.69. The fourth-order valence-corrected chi connectivity index (χ4v) is 3.41. The number of hydrogen-bond acceptors (Lipinski definition) is 4. The Morgan fingerprint density at radius 1 is 1.22 bits per heavy atom. The SMILES string of the molecule is COP(=O)(OC)N(C)[C@H](C)[C@@H](S)c1ccccc1. The van der Waals surface area contributed by atoms with E-state index in [0.717, 1.165) is 5.56 Å². The Morgan fingerprint density at radius 2 is 1.72 bits per heavy atom. The number of rotatable bonds is 6. The second kappa shape index (κ2) is 6.73. The van der Waals surface area contributed by atoms with Crippen molar-refractivity contribution < 1.29 is 13.6 Å². The van der Waals surface area contributed by atoms with E-state index in [2.05, 4.69) is 12.6 Å². The van der Waals surface area contributed by atoms with Crippen LogP contribution in [0.4, 0.5) is 0 Å². The van der Waals surface area contributed by atoms with E-state index in [1.54, 1.807) is 11.7 Å². The molecule has 0 spiro atoms. The van der Waals surface area contributed by atoms with Crippen molar-refractivity contribution >= 4 is 20.4 Å². The van der Waals surface area contributed by atoms with Crippen LogP contribution in [-0.2, 0) is 13.6 Å². The van der Waals surface area contributed by atoms with E-state index in [0.29, 0.717) is 0 Å². The van der Waals surface area contributed by atoms with Crippen LogP contribution in [0.3, 0.4) is 0 Å². The molecule has 1 aromatic rings. The fraction of sp³-hybridized carbons (Fsp3) is 0.500. The van der Waals surface area contributed by atoms with E-state index in [4.69, 9.17) is 9.05 Å². The Labute approximate surface area is 114 Å². The van der Waals surface area contributed by atoms with E-state index in [1.807, 2.05) is 37.3 Å². The minimum Gasteiger partial charge on any atom is -0.300 e. The summed E-state index contributed by atoms with van der Waals surface area (Å²) < 4.78 is 23.8. The lowest BCUT2D eigenvalue weighted by Gasteiger charge is -2.32. The van der Waals surface area contributed by atoms with Crippen molar-refractivity contribution in [1.29, 1.82) is 0 Å². The first kappa shape index (κ1) is 15.7. The van der Waals surface area contributed by atoms with Gasteiger partial charge in [0.2, 0.25) is 0 Å². The third-order valence-electron chi connectivity index (χ3n) is 3.04. The second-order valence-electron chi connectivity index (χ2n) is 4.00. The van der Waals surface area contributed by atoms with E-state index >= 15 is 0 Å². The number of benzene rings is 1. The Bertz CT molecular complexity index is 407. The lowest BCUT2D eigenvalue weighted by Crippen LogP contribution is -2.31. The van der Waals surface area contributed by atoms with E-state index in [-0.39, 0.29) is 11.3 Å². The molecule has 0 unspecified atom stereocenters. The van der Waals surface area contributed by atoms with Gasteiger partial charge in [-0.2, -0.15) is 12.6 Å². The minimum atomic E-state index is -3.22. The summed E-state index contributed by atoms with van der Waals surface area (Å²) in [6.45, 7) is 1.94. The maximum absolute atomic E-state index is 12.3. The van der Waals surface area contributed by atoms with Crippen LogP contribution >= 0.6 is 20.4 Å². The predicted molar refractivity (Wildman–Crippen MR) is 77.0 cm³/mol. The van der Waals surface area contributed by atoms with Crippen molar-refractivity contribution in [3.8, 4) is 0 Å². The summed E-state index contributed by atoms with van der Waals surface area (Å²) in [6, 6.07) is 9.75. The van der Waals surface area contributed by atoms with Crippen LogP contribution in [0, 0.1) is 0 Å². The average molecular weight is 289 g/mol. The smallest absolute Gasteiger partial charge is 0.300 e. The first-order chi connectivity index (χ1) is 8.46. The quantitative estimate of drug-likeness (QED) is 0.643. The molecule has 1 rings (SSSR count). The standard InChI is InChI=1S/C12H20NO3PS/c1-10(13(2)17(14,15-3)16-4)12(18)11-8-6-5-7-9-11/h5-10,12,18H,1-4H3/t10-,12-/m1/s1. The molecular weight excluding hydrogens is 269 g/mol. The van der Waals surface area contributed by atoms with Crippen LogP contribution in [0.1, 0.15) is 17.7 Å². The number of nitrogens with zero attached hydrogens (tertiary/aromatic N) is 1. The number of likely N-dealkylation sites (N-methyl/N-ethyl adjacent to an activating group) is 1. The van der Waals surface area contributed by atoms with Gasteiger partial charge in [-0.05, 0) is 19.5 Å². The summed E-state index contributed by atoms with van der Waals surface area (Å²) in [5.41, 5.74) is 1.07. The molecule has 0 fully saturated rings. The van der Waals surface area contributed by atoms with E-state index < -0.39 is 7.75 Å². The molecule has 0 aliphatic heterocycles. The summed E-state index contributed by atoms with van der Waals surface area (Å²) in [6.07, 6.45) is 0. The summed E-state index contributed by atoms with van der Waals surface area (Å²) in [4.78, 5) is 0. The first-order valence-corrected chi connectivity index (χ1v) is 7.65. The highest BCUT2D eigenvalue weighted by Gasteiger charge is 2.34. The summed E-state index contributed by atoms with van der Waals surface area (Å²) in [7, 11) is 1.25. The molecule has 0 saturated heterocycles. The van der Waals surface area contributed by atoms with Crippen LogP contribution in [0.25, 0.3) is 0 Å². The van der Waals surface area contributed by atoms with Gasteiger partial charge in [0.15, 0.2) is 0 Å². The van der Waals surface area contributed by atoms with Crippen molar-refractivity contribution in [2.75, 3.05) is 21.3 Å². The van der Waals surface area contributed by atoms with Crippen molar-refractivity contribution in [3.05, 3.63) is 35.9 Å². The van der Waals surface area contributed by atoms with Gasteiger partial charge in [0.05, 0.1) is 0 Å². The minimum absolute atomic E-state index is 0.0742. The van der Waals surface area contributed by atoms with E-state index in [9.17, 15) is 4.57 Å². The normalized spacial score (nSPS) is 15.7. The zero-order valence-electron chi connectivity index (χ0n) is 11.1. The van der Waals surface area contributed by atoms with Crippen molar-refractivity contribution in [2.45, 2.75) is 18.2 Å². The molecule has 4 nitrogen and oxygen atoms in total. The zero-order chi connectivity index (χ0) is 13.8. The molecule has 0 aromatic heterocycles. The molecule has 6 heteroatoms. The maximum Gasteiger partial charge on any atom is 0.407 e. The molecule has 0 radical (unpaired) electrons. The molecule has 2 atom stereocenters. The monoisotopic (exact) mass is 289 g/mol. The van der Waals surface area contributed by atoms with Gasteiger partial charge in [0.1, 0.15) is 0 Å². The highest BCUT2D eigenvalue weighted by Crippen LogP contribution is 2.52.